The van der Waals surface area contributed by atoms with Crippen LogP contribution in [0.25, 0.3) is 0 Å². The molecule has 1 atom stereocenters. The summed E-state index contributed by atoms with van der Waals surface area (Å²) in [4.78, 5) is 0. The van der Waals surface area contributed by atoms with E-state index in [1.54, 1.807) is 0 Å². The van der Waals surface area contributed by atoms with Crippen molar-refractivity contribution in [2.45, 2.75) is 18.3 Å². The quantitative estimate of drug-likeness (QED) is 0.907. The number of rotatable bonds is 2. The standard InChI is InChI=1S/C11H12F3NO2.ClH/c12-11(13,14)17-9-3-1-8(2-4-9)10(15)5-6-16-7-10;/h1-4H,5-7,15H2;1H. The number of nitrogens with two attached hydrogens (primary N) is 1. The van der Waals surface area contributed by atoms with Gasteiger partial charge in [0.2, 0.25) is 0 Å². The Morgan fingerprint density at radius 2 is 1.83 bits per heavy atom. The second kappa shape index (κ2) is 5.34. The molecule has 18 heavy (non-hydrogen) atoms. The van der Waals surface area contributed by atoms with Gasteiger partial charge in [-0.25, -0.2) is 0 Å². The van der Waals surface area contributed by atoms with E-state index in [0.717, 1.165) is 5.56 Å². The first kappa shape index (κ1) is 15.1. The molecular weight excluding hydrogens is 271 g/mol. The van der Waals surface area contributed by atoms with Gasteiger partial charge in [-0.1, -0.05) is 12.1 Å². The van der Waals surface area contributed by atoms with Gasteiger partial charge in [-0.15, -0.1) is 25.6 Å². The monoisotopic (exact) mass is 283 g/mol. The molecular formula is C11H13ClF3NO2. The van der Waals surface area contributed by atoms with E-state index in [1.807, 2.05) is 0 Å². The van der Waals surface area contributed by atoms with Crippen molar-refractivity contribution >= 4 is 12.4 Å². The van der Waals surface area contributed by atoms with Crippen LogP contribution in [-0.2, 0) is 10.3 Å². The number of benzene rings is 1. The van der Waals surface area contributed by atoms with Gasteiger partial charge in [0, 0.05) is 6.61 Å². The van der Waals surface area contributed by atoms with Gasteiger partial charge in [-0.05, 0) is 24.1 Å². The number of hydrogen-bond donors (Lipinski definition) is 1. The van der Waals surface area contributed by atoms with Crippen LogP contribution in [0.4, 0.5) is 13.2 Å². The number of ether oxygens (including phenoxy) is 2. The molecule has 1 aliphatic rings. The number of alkyl halides is 3. The zero-order valence-corrected chi connectivity index (χ0v) is 10.2. The molecule has 7 heteroatoms. The van der Waals surface area contributed by atoms with Crippen LogP contribution in [0.15, 0.2) is 24.3 Å². The highest BCUT2D eigenvalue weighted by atomic mass is 35.5. The molecule has 0 bridgehead atoms. The number of halogens is 4. The average Bonchev–Trinajstić information content (AvgIpc) is 2.65. The molecule has 1 aromatic carbocycles. The van der Waals surface area contributed by atoms with E-state index in [9.17, 15) is 13.2 Å². The molecule has 2 rings (SSSR count). The van der Waals surface area contributed by atoms with Crippen molar-refractivity contribution in [2.24, 2.45) is 5.73 Å². The van der Waals surface area contributed by atoms with Gasteiger partial charge in [-0.2, -0.15) is 0 Å². The third-order valence-electron chi connectivity index (χ3n) is 2.71. The summed E-state index contributed by atoms with van der Waals surface area (Å²) in [7, 11) is 0. The molecule has 1 aromatic rings. The lowest BCUT2D eigenvalue weighted by molar-refractivity contribution is -0.274. The Hall–Kier alpha value is -0.980. The van der Waals surface area contributed by atoms with Crippen LogP contribution in [0.1, 0.15) is 12.0 Å². The van der Waals surface area contributed by atoms with E-state index in [-0.39, 0.29) is 18.2 Å². The van der Waals surface area contributed by atoms with Crippen LogP contribution in [0.2, 0.25) is 0 Å². The van der Waals surface area contributed by atoms with E-state index in [1.165, 1.54) is 24.3 Å². The molecule has 1 fully saturated rings. The third-order valence-corrected chi connectivity index (χ3v) is 2.71. The summed E-state index contributed by atoms with van der Waals surface area (Å²) in [5.41, 5.74) is 6.22. The topological polar surface area (TPSA) is 44.5 Å². The molecule has 0 aromatic heterocycles. The van der Waals surface area contributed by atoms with Gasteiger partial charge >= 0.3 is 6.36 Å². The highest BCUT2D eigenvalue weighted by Crippen LogP contribution is 2.30. The van der Waals surface area contributed by atoms with Gasteiger partial charge in [0.1, 0.15) is 5.75 Å². The van der Waals surface area contributed by atoms with E-state index >= 15 is 0 Å². The zero-order chi connectivity index (χ0) is 12.5. The van der Waals surface area contributed by atoms with Crippen molar-refractivity contribution in [3.05, 3.63) is 29.8 Å². The highest BCUT2D eigenvalue weighted by molar-refractivity contribution is 5.85. The lowest BCUT2D eigenvalue weighted by Crippen LogP contribution is -2.36. The first-order chi connectivity index (χ1) is 7.89. The molecule has 1 heterocycles. The Labute approximate surface area is 108 Å². The summed E-state index contributed by atoms with van der Waals surface area (Å²) >= 11 is 0. The summed E-state index contributed by atoms with van der Waals surface area (Å²) in [6, 6.07) is 5.59. The fraction of sp³-hybridized carbons (Fsp3) is 0.455. The minimum Gasteiger partial charge on any atom is -0.406 e. The van der Waals surface area contributed by atoms with Gasteiger partial charge in [-0.3, -0.25) is 0 Å². The summed E-state index contributed by atoms with van der Waals surface area (Å²) < 4.78 is 44.8. The highest BCUT2D eigenvalue weighted by Gasteiger charge is 2.33. The molecule has 0 amide bonds. The van der Waals surface area contributed by atoms with Crippen LogP contribution in [0.3, 0.4) is 0 Å². The number of hydrogen-bond acceptors (Lipinski definition) is 3. The normalized spacial score (nSPS) is 23.6. The second-order valence-electron chi connectivity index (χ2n) is 4.03. The molecule has 2 N–H and O–H groups in total. The zero-order valence-electron chi connectivity index (χ0n) is 9.37. The van der Waals surface area contributed by atoms with Crippen molar-refractivity contribution in [1.29, 1.82) is 0 Å². The van der Waals surface area contributed by atoms with Gasteiger partial charge < -0.3 is 15.2 Å². The Morgan fingerprint density at radius 1 is 1.22 bits per heavy atom. The first-order valence-electron chi connectivity index (χ1n) is 5.12. The van der Waals surface area contributed by atoms with Crippen LogP contribution >= 0.6 is 12.4 Å². The molecule has 1 unspecified atom stereocenters. The van der Waals surface area contributed by atoms with Crippen LogP contribution < -0.4 is 10.5 Å². The summed E-state index contributed by atoms with van der Waals surface area (Å²) in [5.74, 6) is -0.247. The second-order valence-corrected chi connectivity index (χ2v) is 4.03. The van der Waals surface area contributed by atoms with Crippen molar-refractivity contribution in [3.63, 3.8) is 0 Å². The third kappa shape index (κ3) is 3.51. The maximum absolute atomic E-state index is 12.0. The van der Waals surface area contributed by atoms with Crippen LogP contribution in [-0.4, -0.2) is 19.6 Å². The molecule has 102 valence electrons. The smallest absolute Gasteiger partial charge is 0.406 e. The van der Waals surface area contributed by atoms with Gasteiger partial charge in [0.15, 0.2) is 0 Å². The molecule has 1 saturated heterocycles. The van der Waals surface area contributed by atoms with Crippen molar-refractivity contribution < 1.29 is 22.6 Å². The SMILES string of the molecule is Cl.NC1(c2ccc(OC(F)(F)F)cc2)CCOC1. The average molecular weight is 284 g/mol. The molecule has 1 aliphatic heterocycles. The summed E-state index contributed by atoms with van der Waals surface area (Å²) in [5, 5.41) is 0. The Bertz CT molecular complexity index is 388. The minimum atomic E-state index is -4.67. The predicted octanol–water partition coefficient (Wildman–Crippen LogP) is 2.58. The Balaban J connectivity index is 0.00000162. The Kier molecular flexibility index (Phi) is 4.47. The van der Waals surface area contributed by atoms with Crippen LogP contribution in [0.5, 0.6) is 5.75 Å². The van der Waals surface area contributed by atoms with E-state index in [2.05, 4.69) is 4.74 Å². The largest absolute Gasteiger partial charge is 0.573 e. The van der Waals surface area contributed by atoms with E-state index in [4.69, 9.17) is 10.5 Å². The molecule has 0 spiro atoms. The Morgan fingerprint density at radius 3 is 2.28 bits per heavy atom. The molecule has 0 radical (unpaired) electrons. The summed E-state index contributed by atoms with van der Waals surface area (Å²) in [6.45, 7) is 0.948. The maximum atomic E-state index is 12.0. The van der Waals surface area contributed by atoms with Gasteiger partial charge in [0.25, 0.3) is 0 Å². The summed E-state index contributed by atoms with van der Waals surface area (Å²) in [6.07, 6.45) is -4.01. The molecule has 0 aliphatic carbocycles. The minimum absolute atomic E-state index is 0. The van der Waals surface area contributed by atoms with Crippen LogP contribution in [0, 0.1) is 0 Å². The van der Waals surface area contributed by atoms with E-state index < -0.39 is 11.9 Å². The first-order valence-corrected chi connectivity index (χ1v) is 5.12. The fourth-order valence-electron chi connectivity index (χ4n) is 1.80. The van der Waals surface area contributed by atoms with Gasteiger partial charge in [0.05, 0.1) is 12.1 Å². The lowest BCUT2D eigenvalue weighted by atomic mass is 9.90. The van der Waals surface area contributed by atoms with E-state index in [0.29, 0.717) is 19.6 Å². The fourth-order valence-corrected chi connectivity index (χ4v) is 1.80. The molecule has 3 nitrogen and oxygen atoms in total. The maximum Gasteiger partial charge on any atom is 0.573 e. The van der Waals surface area contributed by atoms with Crippen molar-refractivity contribution in [1.82, 2.24) is 0 Å². The molecule has 0 saturated carbocycles. The van der Waals surface area contributed by atoms with Crippen molar-refractivity contribution in [2.75, 3.05) is 13.2 Å². The van der Waals surface area contributed by atoms with Crippen molar-refractivity contribution in [3.8, 4) is 5.75 Å². The predicted molar refractivity (Wildman–Crippen MR) is 61.7 cm³/mol. The lowest BCUT2D eigenvalue weighted by Gasteiger charge is -2.22.